The maximum Gasteiger partial charge on any atom is 0.337 e. The molecule has 5 heteroatoms. The fourth-order valence-corrected chi connectivity index (χ4v) is 2.36. The fraction of sp³-hybridized carbons (Fsp3) is 0.500. The predicted octanol–water partition coefficient (Wildman–Crippen LogP) is 0.549. The molecule has 0 aliphatic carbocycles. The summed E-state index contributed by atoms with van der Waals surface area (Å²) in [4.78, 5) is 22.4. The Morgan fingerprint density at radius 3 is 2.85 bits per heavy atom. The summed E-state index contributed by atoms with van der Waals surface area (Å²) in [6.45, 7) is 0. The summed E-state index contributed by atoms with van der Waals surface area (Å²) in [6.07, 6.45) is -0.692. The van der Waals surface area contributed by atoms with Crippen LogP contribution in [0.1, 0.15) is 6.42 Å². The fourth-order valence-electron chi connectivity index (χ4n) is 1.58. The minimum atomic E-state index is -0.570. The highest BCUT2D eigenvalue weighted by molar-refractivity contribution is 9.11. The summed E-state index contributed by atoms with van der Waals surface area (Å²) >= 11 is 3.18. The first-order valence-electron chi connectivity index (χ1n) is 3.81. The molecule has 2 atom stereocenters. The van der Waals surface area contributed by atoms with E-state index in [0.29, 0.717) is 10.1 Å². The highest BCUT2D eigenvalue weighted by Crippen LogP contribution is 2.40. The van der Waals surface area contributed by atoms with Crippen molar-refractivity contribution < 1.29 is 19.1 Å². The molecule has 0 aromatic carbocycles. The van der Waals surface area contributed by atoms with Crippen LogP contribution in [0.15, 0.2) is 10.1 Å². The zero-order chi connectivity index (χ0) is 9.59. The second kappa shape index (κ2) is 2.92. The number of carbonyl (C=O) groups is 2. The third-order valence-electron chi connectivity index (χ3n) is 2.19. The highest BCUT2D eigenvalue weighted by atomic mass is 79.9. The predicted molar refractivity (Wildman–Crippen MR) is 46.3 cm³/mol. The standard InChI is InChI=1S/C8H7BrO4/c1-12-8(11)5-4-2-3(10)7(13-4)6(5)9/h4,7H,2H2,1H3/t4-,7+/m1/s1. The van der Waals surface area contributed by atoms with Gasteiger partial charge in [0.2, 0.25) is 0 Å². The summed E-state index contributed by atoms with van der Waals surface area (Å²) in [6, 6.07) is 0. The Balaban J connectivity index is 2.35. The van der Waals surface area contributed by atoms with Crippen molar-refractivity contribution in [2.45, 2.75) is 18.6 Å². The molecule has 2 heterocycles. The van der Waals surface area contributed by atoms with E-state index in [-0.39, 0.29) is 12.2 Å². The quantitative estimate of drug-likeness (QED) is 0.635. The van der Waals surface area contributed by atoms with Crippen molar-refractivity contribution in [2.24, 2.45) is 0 Å². The number of ether oxygens (including phenoxy) is 2. The maximum atomic E-state index is 11.2. The number of halogens is 1. The normalized spacial score (nSPS) is 31.4. The lowest BCUT2D eigenvalue weighted by Gasteiger charge is -2.09. The molecule has 4 nitrogen and oxygen atoms in total. The van der Waals surface area contributed by atoms with Crippen LogP contribution in [0, 0.1) is 0 Å². The Morgan fingerprint density at radius 1 is 1.69 bits per heavy atom. The van der Waals surface area contributed by atoms with Crippen molar-refractivity contribution in [2.75, 3.05) is 7.11 Å². The molecule has 2 bridgehead atoms. The van der Waals surface area contributed by atoms with Crippen molar-refractivity contribution in [3.05, 3.63) is 10.1 Å². The van der Waals surface area contributed by atoms with E-state index in [0.717, 1.165) is 0 Å². The average Bonchev–Trinajstić information content (AvgIpc) is 2.59. The van der Waals surface area contributed by atoms with E-state index in [1.807, 2.05) is 0 Å². The van der Waals surface area contributed by atoms with Crippen molar-refractivity contribution in [3.63, 3.8) is 0 Å². The molecule has 1 saturated heterocycles. The van der Waals surface area contributed by atoms with Crippen LogP contribution in [-0.2, 0) is 19.1 Å². The number of hydrogen-bond acceptors (Lipinski definition) is 4. The molecular formula is C8H7BrO4. The van der Waals surface area contributed by atoms with Gasteiger partial charge in [-0.15, -0.1) is 0 Å². The average molecular weight is 247 g/mol. The molecule has 70 valence electrons. The Hall–Kier alpha value is -0.680. The Morgan fingerprint density at radius 2 is 2.38 bits per heavy atom. The van der Waals surface area contributed by atoms with Gasteiger partial charge >= 0.3 is 5.97 Å². The zero-order valence-corrected chi connectivity index (χ0v) is 8.46. The van der Waals surface area contributed by atoms with Crippen LogP contribution >= 0.6 is 15.9 Å². The molecule has 0 N–H and O–H groups in total. The molecule has 0 spiro atoms. The first-order valence-corrected chi connectivity index (χ1v) is 4.60. The molecular weight excluding hydrogens is 240 g/mol. The van der Waals surface area contributed by atoms with Gasteiger partial charge in [-0.2, -0.15) is 0 Å². The molecule has 2 rings (SSSR count). The van der Waals surface area contributed by atoms with Crippen molar-refractivity contribution >= 4 is 27.7 Å². The van der Waals surface area contributed by atoms with E-state index in [9.17, 15) is 9.59 Å². The lowest BCUT2D eigenvalue weighted by molar-refractivity contribution is -0.137. The zero-order valence-electron chi connectivity index (χ0n) is 6.87. The summed E-state index contributed by atoms with van der Waals surface area (Å²) in [5, 5.41) is 0. The number of ketones is 1. The molecule has 13 heavy (non-hydrogen) atoms. The van der Waals surface area contributed by atoms with Crippen molar-refractivity contribution in [1.29, 1.82) is 0 Å². The largest absolute Gasteiger partial charge is 0.466 e. The molecule has 0 saturated carbocycles. The smallest absolute Gasteiger partial charge is 0.337 e. The number of Topliss-reactive ketones (excluding diaryl/α,β-unsaturated/α-hetero) is 1. The topological polar surface area (TPSA) is 52.6 Å². The first-order chi connectivity index (χ1) is 6.15. The molecule has 0 amide bonds. The van der Waals surface area contributed by atoms with Gasteiger partial charge in [0.25, 0.3) is 0 Å². The van der Waals surface area contributed by atoms with Gasteiger partial charge in [0.15, 0.2) is 5.78 Å². The maximum absolute atomic E-state index is 11.2. The van der Waals surface area contributed by atoms with E-state index in [2.05, 4.69) is 20.7 Å². The van der Waals surface area contributed by atoms with Gasteiger partial charge in [0.1, 0.15) is 6.10 Å². The molecule has 0 aromatic heterocycles. The number of carbonyl (C=O) groups excluding carboxylic acids is 2. The highest BCUT2D eigenvalue weighted by Gasteiger charge is 2.48. The molecule has 0 aromatic rings. The number of fused-ring (bicyclic) bond motifs is 2. The van der Waals surface area contributed by atoms with Crippen LogP contribution in [0.2, 0.25) is 0 Å². The Bertz CT molecular complexity index is 320. The van der Waals surface area contributed by atoms with Crippen molar-refractivity contribution in [3.8, 4) is 0 Å². The number of esters is 1. The van der Waals surface area contributed by atoms with Crippen LogP contribution in [0.5, 0.6) is 0 Å². The van der Waals surface area contributed by atoms with Gasteiger partial charge in [-0.25, -0.2) is 4.79 Å². The van der Waals surface area contributed by atoms with E-state index < -0.39 is 18.2 Å². The van der Waals surface area contributed by atoms with Gasteiger partial charge in [-0.3, -0.25) is 4.79 Å². The van der Waals surface area contributed by atoms with Crippen LogP contribution in [0.25, 0.3) is 0 Å². The number of rotatable bonds is 1. The summed E-state index contributed by atoms with van der Waals surface area (Å²) < 4.78 is 10.4. The van der Waals surface area contributed by atoms with Gasteiger partial charge in [-0.05, 0) is 0 Å². The SMILES string of the molecule is COC(=O)C1=C(Br)[C@H]2O[C@@H]1CC2=O. The van der Waals surface area contributed by atoms with Gasteiger partial charge in [0, 0.05) is 10.9 Å². The van der Waals surface area contributed by atoms with Crippen LogP contribution in [0.3, 0.4) is 0 Å². The number of hydrogen-bond donors (Lipinski definition) is 0. The molecule has 1 fully saturated rings. The summed E-state index contributed by atoms with van der Waals surface area (Å²) in [5.41, 5.74) is 0.451. The Labute approximate surface area is 83.0 Å². The van der Waals surface area contributed by atoms with Crippen LogP contribution < -0.4 is 0 Å². The Kier molecular flexibility index (Phi) is 2.00. The van der Waals surface area contributed by atoms with Gasteiger partial charge in [-0.1, -0.05) is 15.9 Å². The third kappa shape index (κ3) is 1.14. The second-order valence-corrected chi connectivity index (χ2v) is 3.78. The lowest BCUT2D eigenvalue weighted by Crippen LogP contribution is -2.21. The van der Waals surface area contributed by atoms with E-state index in [1.54, 1.807) is 0 Å². The second-order valence-electron chi connectivity index (χ2n) is 2.93. The van der Waals surface area contributed by atoms with Crippen molar-refractivity contribution in [1.82, 2.24) is 0 Å². The van der Waals surface area contributed by atoms with E-state index >= 15 is 0 Å². The molecule has 2 aliphatic rings. The molecule has 0 unspecified atom stereocenters. The summed E-state index contributed by atoms with van der Waals surface area (Å²) in [5.74, 6) is -0.406. The van der Waals surface area contributed by atoms with Gasteiger partial charge < -0.3 is 9.47 Å². The van der Waals surface area contributed by atoms with Crippen LogP contribution in [-0.4, -0.2) is 31.1 Å². The first kappa shape index (κ1) is 8.90. The summed E-state index contributed by atoms with van der Waals surface area (Å²) in [7, 11) is 1.31. The van der Waals surface area contributed by atoms with E-state index in [1.165, 1.54) is 7.11 Å². The lowest BCUT2D eigenvalue weighted by atomic mass is 9.98. The monoisotopic (exact) mass is 246 g/mol. The van der Waals surface area contributed by atoms with Crippen LogP contribution in [0.4, 0.5) is 0 Å². The minimum Gasteiger partial charge on any atom is -0.466 e. The number of methoxy groups -OCH3 is 1. The van der Waals surface area contributed by atoms with E-state index in [4.69, 9.17) is 4.74 Å². The van der Waals surface area contributed by atoms with Gasteiger partial charge in [0.05, 0.1) is 18.8 Å². The molecule has 2 aliphatic heterocycles. The minimum absolute atomic E-state index is 0.0181. The third-order valence-corrected chi connectivity index (χ3v) is 3.04. The molecule has 0 radical (unpaired) electrons.